The van der Waals surface area contributed by atoms with E-state index >= 15 is 0 Å². The quantitative estimate of drug-likeness (QED) is 0.371. The van der Waals surface area contributed by atoms with Crippen LogP contribution in [0, 0.1) is 33.1 Å². The van der Waals surface area contributed by atoms with E-state index in [0.717, 1.165) is 37.5 Å². The van der Waals surface area contributed by atoms with E-state index in [1.165, 1.54) is 0 Å². The predicted molar refractivity (Wildman–Crippen MR) is 87.7 cm³/mol. The van der Waals surface area contributed by atoms with E-state index in [1.807, 2.05) is 0 Å². The number of hydrogen-bond acceptors (Lipinski definition) is 6. The van der Waals surface area contributed by atoms with E-state index in [9.17, 15) is 28.8 Å². The number of ether oxygens (including phenoxy) is 1. The summed E-state index contributed by atoms with van der Waals surface area (Å²) in [5.41, 5.74) is -1.72. The first kappa shape index (κ1) is 19.3. The first-order chi connectivity index (χ1) is 12.8. The van der Waals surface area contributed by atoms with Crippen molar-refractivity contribution < 1.29 is 28.3 Å². The molecule has 2 aromatic rings. The fourth-order valence-electron chi connectivity index (χ4n) is 2.07. The first-order valence-electron chi connectivity index (χ1n) is 7.18. The molecule has 0 fully saturated rings. The highest BCUT2D eigenvalue weighted by Crippen LogP contribution is 2.35. The maximum atomic E-state index is 13.6. The van der Waals surface area contributed by atoms with Crippen LogP contribution in [0.5, 0.6) is 11.5 Å². The molecule has 27 heavy (non-hydrogen) atoms. The van der Waals surface area contributed by atoms with Crippen LogP contribution in [0.4, 0.5) is 20.2 Å². The van der Waals surface area contributed by atoms with Crippen molar-refractivity contribution in [3.05, 3.63) is 63.2 Å². The molecule has 2 aromatic carbocycles. The molecule has 0 unspecified atom stereocenters. The summed E-state index contributed by atoms with van der Waals surface area (Å²) >= 11 is 0. The summed E-state index contributed by atoms with van der Waals surface area (Å²) in [6.07, 6.45) is 0.964. The molecule has 138 valence electrons. The number of amides is 1. The number of rotatable bonds is 5. The Morgan fingerprint density at radius 3 is 2.59 bits per heavy atom. The van der Waals surface area contributed by atoms with E-state index in [2.05, 4.69) is 5.32 Å². The maximum Gasteiger partial charge on any atom is 0.266 e. The molecule has 0 radical (unpaired) electrons. The molecule has 1 N–H and O–H groups in total. The molecule has 0 aromatic heterocycles. The Kier molecular flexibility index (Phi) is 5.67. The Hall–Kier alpha value is -4.00. The second-order valence-corrected chi connectivity index (χ2v) is 5.08. The number of nitrogens with one attached hydrogen (secondary N) is 1. The van der Waals surface area contributed by atoms with Gasteiger partial charge in [0.05, 0.1) is 17.7 Å². The number of benzene rings is 2. The van der Waals surface area contributed by atoms with Gasteiger partial charge in [0.2, 0.25) is 0 Å². The molecule has 0 atom stereocenters. The van der Waals surface area contributed by atoms with Gasteiger partial charge in [0, 0.05) is 17.9 Å². The predicted octanol–water partition coefficient (Wildman–Crippen LogP) is 2.50. The topological polar surface area (TPSA) is 128 Å². The van der Waals surface area contributed by atoms with Gasteiger partial charge < -0.3 is 15.2 Å². The Morgan fingerprint density at radius 1 is 1.33 bits per heavy atom. The lowest BCUT2D eigenvalue weighted by Crippen LogP contribution is -2.14. The number of carbonyl (C=O) groups excluding carboxylic acids is 1. The van der Waals surface area contributed by atoms with Gasteiger partial charge in [-0.25, -0.2) is 8.78 Å². The summed E-state index contributed by atoms with van der Waals surface area (Å²) in [5.74, 6) is -4.24. The van der Waals surface area contributed by atoms with Crippen LogP contribution < -0.4 is 15.2 Å². The molecule has 0 heterocycles. The van der Waals surface area contributed by atoms with Gasteiger partial charge in [-0.3, -0.25) is 14.9 Å². The zero-order valence-electron chi connectivity index (χ0n) is 13.7. The normalized spacial score (nSPS) is 10.8. The third-order valence-corrected chi connectivity index (χ3v) is 3.33. The highest BCUT2D eigenvalue weighted by atomic mass is 19.1. The van der Waals surface area contributed by atoms with Gasteiger partial charge in [0.25, 0.3) is 11.6 Å². The molecule has 0 aliphatic rings. The molecule has 0 bridgehead atoms. The molecule has 10 heteroatoms. The van der Waals surface area contributed by atoms with Crippen molar-refractivity contribution in [2.45, 2.75) is 0 Å². The molecule has 0 aliphatic heterocycles. The van der Waals surface area contributed by atoms with E-state index in [-0.39, 0.29) is 17.0 Å². The monoisotopic (exact) mass is 374 g/mol. The van der Waals surface area contributed by atoms with E-state index in [0.29, 0.717) is 6.07 Å². The average molecular weight is 374 g/mol. The summed E-state index contributed by atoms with van der Waals surface area (Å²) < 4.78 is 31.3. The maximum absolute atomic E-state index is 13.6. The summed E-state index contributed by atoms with van der Waals surface area (Å²) in [6.45, 7) is 0. The van der Waals surface area contributed by atoms with Crippen LogP contribution in [-0.4, -0.2) is 17.9 Å². The molecule has 0 aliphatic carbocycles. The largest absolute Gasteiger partial charge is 0.865 e. The number of halogens is 2. The second-order valence-electron chi connectivity index (χ2n) is 5.08. The molecular formula is C17H10F2N3O5-. The number of methoxy groups -OCH3 is 1. The van der Waals surface area contributed by atoms with Crippen molar-refractivity contribution in [1.29, 1.82) is 5.26 Å². The van der Waals surface area contributed by atoms with Crippen LogP contribution in [0.2, 0.25) is 0 Å². The second kappa shape index (κ2) is 7.92. The minimum atomic E-state index is -1.05. The minimum absolute atomic E-state index is 0.0237. The Bertz CT molecular complexity index is 999. The van der Waals surface area contributed by atoms with Crippen molar-refractivity contribution in [2.24, 2.45) is 0 Å². The van der Waals surface area contributed by atoms with E-state index in [1.54, 1.807) is 6.07 Å². The molecule has 0 spiro atoms. The van der Waals surface area contributed by atoms with Crippen LogP contribution in [0.25, 0.3) is 6.08 Å². The lowest BCUT2D eigenvalue weighted by Gasteiger charge is -2.13. The number of nitriles is 1. The molecule has 0 saturated heterocycles. The van der Waals surface area contributed by atoms with Gasteiger partial charge in [-0.05, 0) is 29.8 Å². The Balaban J connectivity index is 2.40. The molecular weight excluding hydrogens is 364 g/mol. The van der Waals surface area contributed by atoms with E-state index < -0.39 is 39.5 Å². The van der Waals surface area contributed by atoms with Crippen molar-refractivity contribution >= 4 is 23.4 Å². The number of anilines is 1. The van der Waals surface area contributed by atoms with Crippen LogP contribution in [0.15, 0.2) is 35.9 Å². The molecule has 0 saturated carbocycles. The lowest BCUT2D eigenvalue weighted by molar-refractivity contribution is -0.398. The smallest absolute Gasteiger partial charge is 0.266 e. The third-order valence-electron chi connectivity index (χ3n) is 3.33. The van der Waals surface area contributed by atoms with Crippen LogP contribution in [-0.2, 0) is 4.79 Å². The standard InChI is InChI=1S/C17H11F2N3O5/c1-27-15-6-9(5-14(16(15)23)22(25)26)4-10(8-20)17(24)21-13-3-2-11(18)7-12(13)19/h2-7,23H,1H3,(H,21,24)/p-1/b10-4+. The summed E-state index contributed by atoms with van der Waals surface area (Å²) in [4.78, 5) is 22.2. The molecule has 2 rings (SSSR count). The molecule has 8 nitrogen and oxygen atoms in total. The van der Waals surface area contributed by atoms with Crippen LogP contribution >= 0.6 is 0 Å². The van der Waals surface area contributed by atoms with Crippen LogP contribution in [0.3, 0.4) is 0 Å². The fraction of sp³-hybridized carbons (Fsp3) is 0.0588. The van der Waals surface area contributed by atoms with Gasteiger partial charge in [0.1, 0.15) is 29.0 Å². The fourth-order valence-corrected chi connectivity index (χ4v) is 2.07. The van der Waals surface area contributed by atoms with Gasteiger partial charge in [0.15, 0.2) is 0 Å². The first-order valence-corrected chi connectivity index (χ1v) is 7.18. The summed E-state index contributed by atoms with van der Waals surface area (Å²) in [7, 11) is 1.13. The highest BCUT2D eigenvalue weighted by molar-refractivity contribution is 6.09. The number of nitro benzene ring substituents is 1. The Labute approximate surface area is 151 Å². The van der Waals surface area contributed by atoms with Crippen LogP contribution in [0.1, 0.15) is 5.56 Å². The number of nitrogens with zero attached hydrogens (tertiary/aromatic N) is 2. The average Bonchev–Trinajstić information content (AvgIpc) is 2.62. The zero-order valence-corrected chi connectivity index (χ0v) is 13.7. The summed E-state index contributed by atoms with van der Waals surface area (Å²) in [6, 6.07) is 5.97. The minimum Gasteiger partial charge on any atom is -0.865 e. The van der Waals surface area contributed by atoms with Crippen molar-refractivity contribution in [2.75, 3.05) is 12.4 Å². The van der Waals surface area contributed by atoms with Crippen molar-refractivity contribution in [3.63, 3.8) is 0 Å². The Morgan fingerprint density at radius 2 is 2.04 bits per heavy atom. The van der Waals surface area contributed by atoms with Crippen molar-refractivity contribution in [1.82, 2.24) is 0 Å². The van der Waals surface area contributed by atoms with Gasteiger partial charge in [-0.1, -0.05) is 0 Å². The molecule has 1 amide bonds. The number of hydrogen-bond donors (Lipinski definition) is 1. The number of nitro groups is 1. The van der Waals surface area contributed by atoms with Gasteiger partial charge >= 0.3 is 0 Å². The third kappa shape index (κ3) is 4.35. The van der Waals surface area contributed by atoms with Crippen molar-refractivity contribution in [3.8, 4) is 17.6 Å². The number of carbonyl (C=O) groups is 1. The van der Waals surface area contributed by atoms with Gasteiger partial charge in [-0.2, -0.15) is 5.26 Å². The highest BCUT2D eigenvalue weighted by Gasteiger charge is 2.16. The lowest BCUT2D eigenvalue weighted by atomic mass is 10.1. The van der Waals surface area contributed by atoms with E-state index in [4.69, 9.17) is 10.00 Å². The van der Waals surface area contributed by atoms with Gasteiger partial charge in [-0.15, -0.1) is 0 Å². The summed E-state index contributed by atoms with van der Waals surface area (Å²) in [5, 5.41) is 34.0. The zero-order chi connectivity index (χ0) is 20.1. The SMILES string of the molecule is COc1cc(/C=C(\C#N)C(=O)Nc2ccc(F)cc2F)cc([N+](=O)[O-])c1[O-].